The second-order valence-corrected chi connectivity index (χ2v) is 8.40. The lowest BCUT2D eigenvalue weighted by atomic mass is 10.1. The van der Waals surface area contributed by atoms with E-state index in [1.54, 1.807) is 21.3 Å². The monoisotopic (exact) mass is 499 g/mol. The number of amides is 1. The summed E-state index contributed by atoms with van der Waals surface area (Å²) in [6.45, 7) is 3.70. The van der Waals surface area contributed by atoms with Gasteiger partial charge in [-0.25, -0.2) is 8.78 Å². The summed E-state index contributed by atoms with van der Waals surface area (Å²) in [5.41, 5.74) is -0.477. The third-order valence-electron chi connectivity index (χ3n) is 5.92. The lowest BCUT2D eigenvalue weighted by Gasteiger charge is -2.37. The van der Waals surface area contributed by atoms with Crippen LogP contribution in [-0.2, 0) is 6.54 Å². The van der Waals surface area contributed by atoms with Crippen LogP contribution in [0.25, 0.3) is 10.9 Å². The summed E-state index contributed by atoms with van der Waals surface area (Å²) in [5, 5.41) is 14.0. The van der Waals surface area contributed by atoms with Gasteiger partial charge in [-0.1, -0.05) is 6.07 Å². The number of carbonyl (C=O) groups excluding carboxylic acids is 2. The predicted molar refractivity (Wildman–Crippen MR) is 128 cm³/mol. The van der Waals surface area contributed by atoms with Crippen molar-refractivity contribution in [3.05, 3.63) is 75.6 Å². The van der Waals surface area contributed by atoms with E-state index in [2.05, 4.69) is 5.32 Å². The topological polar surface area (TPSA) is 97.7 Å². The quantitative estimate of drug-likeness (QED) is 0.544. The Kier molecular flexibility index (Phi) is 6.79. The molecule has 1 saturated heterocycles. The number of hydrogen-bond acceptors (Lipinski definition) is 6. The summed E-state index contributed by atoms with van der Waals surface area (Å²) in [5.74, 6) is -3.31. The van der Waals surface area contributed by atoms with Crippen LogP contribution < -0.4 is 20.8 Å². The predicted octanol–water partition coefficient (Wildman–Crippen LogP) is 1.50. The molecule has 0 bridgehead atoms. The Balaban J connectivity index is 1.51. The van der Waals surface area contributed by atoms with Crippen molar-refractivity contribution >= 4 is 45.8 Å². The number of aromatic carboxylic acids is 1. The van der Waals surface area contributed by atoms with Gasteiger partial charge < -0.3 is 24.3 Å². The number of thiocarbonyl (C=S) groups is 1. The van der Waals surface area contributed by atoms with E-state index >= 15 is 4.39 Å². The second kappa shape index (κ2) is 9.79. The molecule has 0 spiro atoms. The molecular formula is C24H21F2N4O4S-. The van der Waals surface area contributed by atoms with Crippen LogP contribution >= 0.6 is 12.2 Å². The number of piperazine rings is 1. The number of nitrogens with one attached hydrogen (secondary N) is 1. The molecule has 2 heterocycles. The molecule has 0 radical (unpaired) electrons. The molecule has 35 heavy (non-hydrogen) atoms. The zero-order valence-corrected chi connectivity index (χ0v) is 19.5. The smallest absolute Gasteiger partial charge is 0.257 e. The summed E-state index contributed by atoms with van der Waals surface area (Å²) >= 11 is 5.32. The normalized spacial score (nSPS) is 13.7. The van der Waals surface area contributed by atoms with Gasteiger partial charge in [-0.15, -0.1) is 0 Å². The first-order valence-corrected chi connectivity index (χ1v) is 11.3. The third-order valence-corrected chi connectivity index (χ3v) is 6.28. The van der Waals surface area contributed by atoms with E-state index in [1.807, 2.05) is 0 Å². The van der Waals surface area contributed by atoms with Crippen molar-refractivity contribution in [2.24, 2.45) is 0 Å². The summed E-state index contributed by atoms with van der Waals surface area (Å²) in [6.07, 6.45) is 1.21. The van der Waals surface area contributed by atoms with Crippen LogP contribution in [-0.4, -0.2) is 52.6 Å². The lowest BCUT2D eigenvalue weighted by Crippen LogP contribution is -2.52. The van der Waals surface area contributed by atoms with Gasteiger partial charge in [-0.2, -0.15) is 0 Å². The molecule has 4 rings (SSSR count). The van der Waals surface area contributed by atoms with Gasteiger partial charge in [0.25, 0.3) is 5.91 Å². The fourth-order valence-corrected chi connectivity index (χ4v) is 4.35. The Hall–Kier alpha value is -3.86. The molecule has 1 aliphatic rings. The number of nitrogens with zero attached hydrogens (tertiary/aromatic N) is 3. The molecule has 8 nitrogen and oxygen atoms in total. The minimum absolute atomic E-state index is 0.0327. The third kappa shape index (κ3) is 4.85. The van der Waals surface area contributed by atoms with E-state index in [1.165, 1.54) is 30.5 Å². The van der Waals surface area contributed by atoms with Crippen molar-refractivity contribution < 1.29 is 23.5 Å². The van der Waals surface area contributed by atoms with Crippen molar-refractivity contribution in [3.63, 3.8) is 0 Å². The molecule has 1 aliphatic heterocycles. The number of hydrogen-bond donors (Lipinski definition) is 1. The van der Waals surface area contributed by atoms with E-state index < -0.39 is 34.5 Å². The van der Waals surface area contributed by atoms with Crippen LogP contribution in [0.15, 0.2) is 47.4 Å². The van der Waals surface area contributed by atoms with Gasteiger partial charge in [0.15, 0.2) is 10.5 Å². The molecular weight excluding hydrogens is 478 g/mol. The van der Waals surface area contributed by atoms with Gasteiger partial charge in [0.2, 0.25) is 0 Å². The average Bonchev–Trinajstić information content (AvgIpc) is 2.84. The Morgan fingerprint density at radius 3 is 2.46 bits per heavy atom. The maximum atomic E-state index is 15.0. The number of carboxylic acid groups (broad SMARTS) is 1. The minimum atomic E-state index is -1.61. The largest absolute Gasteiger partial charge is 0.545 e. The minimum Gasteiger partial charge on any atom is -0.545 e. The van der Waals surface area contributed by atoms with Crippen molar-refractivity contribution in [1.29, 1.82) is 0 Å². The first-order chi connectivity index (χ1) is 16.7. The van der Waals surface area contributed by atoms with Gasteiger partial charge in [-0.05, 0) is 49.5 Å². The highest BCUT2D eigenvalue weighted by Crippen LogP contribution is 2.26. The number of halogens is 2. The number of pyridine rings is 1. The molecule has 2 aromatic carbocycles. The highest BCUT2D eigenvalue weighted by atomic mass is 32.1. The highest BCUT2D eigenvalue weighted by molar-refractivity contribution is 7.80. The summed E-state index contributed by atoms with van der Waals surface area (Å²) in [6, 6.07) is 7.86. The van der Waals surface area contributed by atoms with Gasteiger partial charge in [0.05, 0.1) is 22.7 Å². The van der Waals surface area contributed by atoms with Gasteiger partial charge >= 0.3 is 0 Å². The second-order valence-electron chi connectivity index (χ2n) is 8.01. The van der Waals surface area contributed by atoms with Crippen LogP contribution in [0.1, 0.15) is 27.6 Å². The molecule has 1 aromatic heterocycles. The number of benzene rings is 2. The molecule has 1 amide bonds. The number of rotatable bonds is 4. The molecule has 3 aromatic rings. The number of carbonyl (C=O) groups is 2. The maximum Gasteiger partial charge on any atom is 0.257 e. The number of aromatic nitrogens is 1. The Bertz CT molecular complexity index is 1400. The van der Waals surface area contributed by atoms with E-state index in [0.29, 0.717) is 38.2 Å². The zero-order chi connectivity index (χ0) is 25.3. The summed E-state index contributed by atoms with van der Waals surface area (Å²) in [4.78, 5) is 39.7. The molecule has 0 aliphatic carbocycles. The molecule has 0 saturated carbocycles. The van der Waals surface area contributed by atoms with Gasteiger partial charge in [0.1, 0.15) is 11.6 Å². The number of fused-ring (bicyclic) bond motifs is 1. The first-order valence-electron chi connectivity index (χ1n) is 10.9. The summed E-state index contributed by atoms with van der Waals surface area (Å²) in [7, 11) is 0. The Morgan fingerprint density at radius 1 is 1.11 bits per heavy atom. The standard InChI is InChI=1S/C24H22F2N4O4S/c1-2-28-13-17(23(33)34)21(31)16-11-18(26)20(12-19(16)28)29-6-8-30(9-7-29)24(35)27-22(32)14-4-3-5-15(25)10-14/h3-5,10-13H,2,6-9H2,1H3,(H,33,34)(H,27,32,35)/p-1. The highest BCUT2D eigenvalue weighted by Gasteiger charge is 2.24. The molecule has 1 fully saturated rings. The van der Waals surface area contributed by atoms with Crippen molar-refractivity contribution in [1.82, 2.24) is 14.8 Å². The average molecular weight is 500 g/mol. The first kappa shape index (κ1) is 24.3. The fraction of sp³-hybridized carbons (Fsp3) is 0.250. The van der Waals surface area contributed by atoms with Crippen LogP contribution in [0.2, 0.25) is 0 Å². The molecule has 182 valence electrons. The number of anilines is 1. The van der Waals surface area contributed by atoms with Crippen LogP contribution in [0.4, 0.5) is 14.5 Å². The van der Waals surface area contributed by atoms with E-state index in [0.717, 1.165) is 12.1 Å². The van der Waals surface area contributed by atoms with Gasteiger partial charge in [0, 0.05) is 49.9 Å². The van der Waals surface area contributed by atoms with Crippen molar-refractivity contribution in [2.45, 2.75) is 13.5 Å². The Labute approximate surface area is 204 Å². The lowest BCUT2D eigenvalue weighted by molar-refractivity contribution is -0.255. The number of aryl methyl sites for hydroxylation is 1. The SMILES string of the molecule is CCn1cc(C(=O)[O-])c(=O)c2cc(F)c(N3CCN(C(=S)NC(=O)c4cccc(F)c4)CC3)cc21. The molecule has 0 unspecified atom stereocenters. The van der Waals surface area contributed by atoms with E-state index in [9.17, 15) is 23.9 Å². The van der Waals surface area contributed by atoms with Crippen LogP contribution in [0.3, 0.4) is 0 Å². The van der Waals surface area contributed by atoms with Crippen molar-refractivity contribution in [2.75, 3.05) is 31.1 Å². The van der Waals surface area contributed by atoms with E-state index in [-0.39, 0.29) is 21.7 Å². The Morgan fingerprint density at radius 2 is 1.83 bits per heavy atom. The van der Waals surface area contributed by atoms with Crippen LogP contribution in [0.5, 0.6) is 0 Å². The van der Waals surface area contributed by atoms with Crippen molar-refractivity contribution in [3.8, 4) is 0 Å². The van der Waals surface area contributed by atoms with E-state index in [4.69, 9.17) is 12.2 Å². The fourth-order valence-electron chi connectivity index (χ4n) is 4.08. The number of carboxylic acids is 1. The molecule has 1 N–H and O–H groups in total. The summed E-state index contributed by atoms with van der Waals surface area (Å²) < 4.78 is 30.0. The van der Waals surface area contributed by atoms with Gasteiger partial charge in [-0.3, -0.25) is 14.9 Å². The maximum absolute atomic E-state index is 15.0. The zero-order valence-electron chi connectivity index (χ0n) is 18.7. The molecule has 0 atom stereocenters. The van der Waals surface area contributed by atoms with Crippen LogP contribution in [0, 0.1) is 11.6 Å². The molecule has 11 heteroatoms.